The van der Waals surface area contributed by atoms with Gasteiger partial charge in [0.2, 0.25) is 0 Å². The molecule has 1 aliphatic rings. The van der Waals surface area contributed by atoms with Gasteiger partial charge in [0.25, 0.3) is 0 Å². The number of hydrogen-bond acceptors (Lipinski definition) is 3. The van der Waals surface area contributed by atoms with Crippen molar-refractivity contribution in [3.8, 4) is 11.5 Å². The minimum absolute atomic E-state index is 0.853. The number of nitrogens with one attached hydrogen (secondary N) is 1. The number of nitrogens with zero attached hydrogens (tertiary/aromatic N) is 1. The highest BCUT2D eigenvalue weighted by Gasteiger charge is 2.10. The maximum atomic E-state index is 6.05. The Bertz CT molecular complexity index is 621. The molecule has 0 atom stereocenters. The highest BCUT2D eigenvalue weighted by Crippen LogP contribution is 2.24. The molecular formula is C20H26N2O. The molecule has 23 heavy (non-hydrogen) atoms. The highest BCUT2D eigenvalue weighted by molar-refractivity contribution is 5.36. The zero-order valence-corrected chi connectivity index (χ0v) is 13.9. The number of ether oxygens (including phenoxy) is 1. The van der Waals surface area contributed by atoms with E-state index < -0.39 is 0 Å². The summed E-state index contributed by atoms with van der Waals surface area (Å²) in [6, 6.07) is 16.7. The minimum Gasteiger partial charge on any atom is -0.457 e. The van der Waals surface area contributed by atoms with Crippen molar-refractivity contribution in [3.05, 3.63) is 59.7 Å². The fourth-order valence-corrected chi connectivity index (χ4v) is 3.14. The van der Waals surface area contributed by atoms with E-state index in [0.29, 0.717) is 0 Å². The summed E-state index contributed by atoms with van der Waals surface area (Å²) in [6.45, 7) is 4.32. The van der Waals surface area contributed by atoms with E-state index in [9.17, 15) is 0 Å². The van der Waals surface area contributed by atoms with Crippen LogP contribution in [0.5, 0.6) is 11.5 Å². The van der Waals surface area contributed by atoms with Crippen molar-refractivity contribution in [1.29, 1.82) is 0 Å². The fraction of sp³-hybridized carbons (Fsp3) is 0.400. The monoisotopic (exact) mass is 310 g/mol. The van der Waals surface area contributed by atoms with Crippen molar-refractivity contribution in [2.75, 3.05) is 20.1 Å². The van der Waals surface area contributed by atoms with Gasteiger partial charge in [-0.3, -0.25) is 4.90 Å². The Hall–Kier alpha value is -1.84. The van der Waals surface area contributed by atoms with Gasteiger partial charge in [0.15, 0.2) is 0 Å². The average Bonchev–Trinajstić information content (AvgIpc) is 2.57. The minimum atomic E-state index is 0.853. The van der Waals surface area contributed by atoms with Crippen LogP contribution in [-0.2, 0) is 13.1 Å². The van der Waals surface area contributed by atoms with Crippen LogP contribution in [0.15, 0.2) is 48.5 Å². The molecule has 1 N–H and O–H groups in total. The Kier molecular flexibility index (Phi) is 5.67. The van der Waals surface area contributed by atoms with Crippen LogP contribution in [0.1, 0.15) is 30.4 Å². The lowest BCUT2D eigenvalue weighted by molar-refractivity contribution is 0.220. The quantitative estimate of drug-likeness (QED) is 0.866. The zero-order valence-electron chi connectivity index (χ0n) is 13.9. The smallest absolute Gasteiger partial charge is 0.127 e. The highest BCUT2D eigenvalue weighted by atomic mass is 16.5. The van der Waals surface area contributed by atoms with E-state index in [4.69, 9.17) is 4.74 Å². The molecule has 0 saturated carbocycles. The third kappa shape index (κ3) is 4.81. The molecule has 122 valence electrons. The number of hydrogen-bond donors (Lipinski definition) is 1. The van der Waals surface area contributed by atoms with Crippen molar-refractivity contribution in [2.45, 2.75) is 32.4 Å². The lowest BCUT2D eigenvalue weighted by atomic mass is 10.1. The first-order valence-electron chi connectivity index (χ1n) is 8.56. The first kappa shape index (κ1) is 16.0. The second-order valence-electron chi connectivity index (χ2n) is 6.26. The van der Waals surface area contributed by atoms with E-state index >= 15 is 0 Å². The number of piperidine rings is 1. The van der Waals surface area contributed by atoms with Gasteiger partial charge in [0, 0.05) is 13.1 Å². The van der Waals surface area contributed by atoms with Crippen LogP contribution < -0.4 is 10.1 Å². The van der Waals surface area contributed by atoms with Gasteiger partial charge in [-0.15, -0.1) is 0 Å². The lowest BCUT2D eigenvalue weighted by Crippen LogP contribution is -2.29. The van der Waals surface area contributed by atoms with Crippen LogP contribution in [0.4, 0.5) is 0 Å². The molecule has 1 saturated heterocycles. The van der Waals surface area contributed by atoms with Gasteiger partial charge in [-0.25, -0.2) is 0 Å². The molecule has 0 aromatic heterocycles. The van der Waals surface area contributed by atoms with Crippen LogP contribution in [0.25, 0.3) is 0 Å². The van der Waals surface area contributed by atoms with Crippen LogP contribution in [0.2, 0.25) is 0 Å². The molecule has 2 aromatic carbocycles. The molecule has 3 rings (SSSR count). The van der Waals surface area contributed by atoms with E-state index in [2.05, 4.69) is 40.5 Å². The van der Waals surface area contributed by atoms with Gasteiger partial charge in [-0.05, 0) is 68.4 Å². The first-order chi connectivity index (χ1) is 11.3. The Morgan fingerprint density at radius 2 is 1.57 bits per heavy atom. The number of rotatable bonds is 6. The summed E-state index contributed by atoms with van der Waals surface area (Å²) in [4.78, 5) is 2.54. The molecule has 1 fully saturated rings. The van der Waals surface area contributed by atoms with Gasteiger partial charge >= 0.3 is 0 Å². The molecule has 0 spiro atoms. The maximum absolute atomic E-state index is 6.05. The Morgan fingerprint density at radius 3 is 2.26 bits per heavy atom. The standard InChI is InChI=1S/C20H26N2O/c1-21-15-17-7-5-9-19(13-17)23-20-10-6-8-18(14-20)16-22-11-3-2-4-12-22/h5-10,13-14,21H,2-4,11-12,15-16H2,1H3. The van der Waals surface area contributed by atoms with Crippen molar-refractivity contribution >= 4 is 0 Å². The summed E-state index contributed by atoms with van der Waals surface area (Å²) in [5.41, 5.74) is 2.56. The summed E-state index contributed by atoms with van der Waals surface area (Å²) < 4.78 is 6.05. The molecule has 0 aliphatic carbocycles. The van der Waals surface area contributed by atoms with Crippen molar-refractivity contribution in [2.24, 2.45) is 0 Å². The summed E-state index contributed by atoms with van der Waals surface area (Å²) in [6.07, 6.45) is 4.03. The van der Waals surface area contributed by atoms with Gasteiger partial charge in [0.1, 0.15) is 11.5 Å². The molecule has 2 aromatic rings. The van der Waals surface area contributed by atoms with Crippen LogP contribution in [0.3, 0.4) is 0 Å². The molecule has 0 bridgehead atoms. The predicted molar refractivity (Wildman–Crippen MR) is 94.8 cm³/mol. The molecule has 1 aliphatic heterocycles. The van der Waals surface area contributed by atoms with E-state index in [1.165, 1.54) is 43.5 Å². The second-order valence-corrected chi connectivity index (χ2v) is 6.26. The summed E-state index contributed by atoms with van der Waals surface area (Å²) in [5.74, 6) is 1.81. The zero-order chi connectivity index (χ0) is 15.9. The molecule has 3 nitrogen and oxygen atoms in total. The normalized spacial score (nSPS) is 15.5. The predicted octanol–water partition coefficient (Wildman–Crippen LogP) is 4.18. The molecule has 0 unspecified atom stereocenters. The largest absolute Gasteiger partial charge is 0.457 e. The van der Waals surface area contributed by atoms with Gasteiger partial charge in [0.05, 0.1) is 0 Å². The molecule has 3 heteroatoms. The topological polar surface area (TPSA) is 24.5 Å². The summed E-state index contributed by atoms with van der Waals surface area (Å²) >= 11 is 0. The third-order valence-corrected chi connectivity index (χ3v) is 4.27. The summed E-state index contributed by atoms with van der Waals surface area (Å²) in [5, 5.41) is 3.17. The van der Waals surface area contributed by atoms with Crippen molar-refractivity contribution in [3.63, 3.8) is 0 Å². The molecular weight excluding hydrogens is 284 g/mol. The van der Waals surface area contributed by atoms with Crippen LogP contribution >= 0.6 is 0 Å². The Balaban J connectivity index is 1.66. The fourth-order valence-electron chi connectivity index (χ4n) is 3.14. The van der Waals surface area contributed by atoms with E-state index in [0.717, 1.165) is 24.6 Å². The van der Waals surface area contributed by atoms with Crippen LogP contribution in [0, 0.1) is 0 Å². The third-order valence-electron chi connectivity index (χ3n) is 4.27. The summed E-state index contributed by atoms with van der Waals surface area (Å²) in [7, 11) is 1.96. The SMILES string of the molecule is CNCc1cccc(Oc2cccc(CN3CCCCC3)c2)c1. The average molecular weight is 310 g/mol. The maximum Gasteiger partial charge on any atom is 0.127 e. The van der Waals surface area contributed by atoms with Gasteiger partial charge in [-0.2, -0.15) is 0 Å². The number of benzene rings is 2. The number of likely N-dealkylation sites (tertiary alicyclic amines) is 1. The lowest BCUT2D eigenvalue weighted by Gasteiger charge is -2.26. The molecule has 0 radical (unpaired) electrons. The molecule has 1 heterocycles. The van der Waals surface area contributed by atoms with Gasteiger partial charge in [-0.1, -0.05) is 30.7 Å². The van der Waals surface area contributed by atoms with Crippen molar-refractivity contribution < 1.29 is 4.74 Å². The van der Waals surface area contributed by atoms with E-state index in [-0.39, 0.29) is 0 Å². The van der Waals surface area contributed by atoms with Crippen molar-refractivity contribution in [1.82, 2.24) is 10.2 Å². The van der Waals surface area contributed by atoms with Gasteiger partial charge < -0.3 is 10.1 Å². The van der Waals surface area contributed by atoms with E-state index in [1.807, 2.05) is 25.2 Å². The Labute approximate surface area is 139 Å². The molecule has 0 amide bonds. The van der Waals surface area contributed by atoms with Crippen LogP contribution in [-0.4, -0.2) is 25.0 Å². The van der Waals surface area contributed by atoms with E-state index in [1.54, 1.807) is 0 Å². The first-order valence-corrected chi connectivity index (χ1v) is 8.56. The second kappa shape index (κ2) is 8.14. The Morgan fingerprint density at radius 1 is 0.913 bits per heavy atom.